The molecule has 92 valence electrons. The lowest BCUT2D eigenvalue weighted by atomic mass is 10.2. The van der Waals surface area contributed by atoms with Crippen LogP contribution in [0.3, 0.4) is 0 Å². The van der Waals surface area contributed by atoms with Crippen LogP contribution < -0.4 is 5.32 Å². The van der Waals surface area contributed by atoms with Gasteiger partial charge in [0.2, 0.25) is 5.91 Å². The van der Waals surface area contributed by atoms with Gasteiger partial charge in [-0.3, -0.25) is 9.59 Å². The molecule has 1 aliphatic rings. The number of nitrogens with zero attached hydrogens (tertiary/aromatic N) is 3. The number of carbonyl (C=O) groups is 3. The number of ketones is 1. The van der Waals surface area contributed by atoms with Gasteiger partial charge in [0.25, 0.3) is 0 Å². The fourth-order valence-electron chi connectivity index (χ4n) is 1.36. The van der Waals surface area contributed by atoms with E-state index in [1.54, 1.807) is 0 Å². The van der Waals surface area contributed by atoms with Gasteiger partial charge >= 0.3 is 5.97 Å². The number of cyclic esters (lactones) is 1. The van der Waals surface area contributed by atoms with E-state index in [0.717, 1.165) is 0 Å². The Balaban J connectivity index is 2.26. The number of esters is 1. The van der Waals surface area contributed by atoms with Crippen molar-refractivity contribution in [3.63, 3.8) is 0 Å². The van der Waals surface area contributed by atoms with E-state index in [1.165, 1.54) is 0 Å². The third kappa shape index (κ3) is 4.52. The number of azide groups is 1. The minimum Gasteiger partial charge on any atom is -0.464 e. The van der Waals surface area contributed by atoms with Crippen LogP contribution in [0.25, 0.3) is 10.4 Å². The second-order valence-corrected chi connectivity index (χ2v) is 3.50. The molecule has 0 aromatic rings. The Bertz CT molecular complexity index is 375. The van der Waals surface area contributed by atoms with Gasteiger partial charge in [-0.2, -0.15) is 0 Å². The largest absolute Gasteiger partial charge is 0.464 e. The van der Waals surface area contributed by atoms with Gasteiger partial charge in [0, 0.05) is 24.3 Å². The van der Waals surface area contributed by atoms with E-state index in [4.69, 9.17) is 5.53 Å². The molecule has 17 heavy (non-hydrogen) atoms. The Labute approximate surface area is 96.9 Å². The zero-order valence-electron chi connectivity index (χ0n) is 9.09. The van der Waals surface area contributed by atoms with Crippen molar-refractivity contribution in [2.45, 2.75) is 25.3 Å². The first-order chi connectivity index (χ1) is 8.13. The molecule has 1 aliphatic heterocycles. The lowest BCUT2D eigenvalue weighted by Crippen LogP contribution is -2.38. The molecule has 8 heteroatoms. The molecule has 1 heterocycles. The smallest absolute Gasteiger partial charge is 0.328 e. The number of nitrogens with one attached hydrogen (secondary N) is 1. The second-order valence-electron chi connectivity index (χ2n) is 3.50. The van der Waals surface area contributed by atoms with Crippen molar-refractivity contribution in [2.75, 3.05) is 13.2 Å². The normalized spacial score (nSPS) is 18.1. The van der Waals surface area contributed by atoms with Gasteiger partial charge < -0.3 is 10.1 Å². The highest BCUT2D eigenvalue weighted by atomic mass is 16.5. The van der Waals surface area contributed by atoms with Crippen LogP contribution in [-0.4, -0.2) is 36.9 Å². The van der Waals surface area contributed by atoms with Crippen molar-refractivity contribution in [3.05, 3.63) is 10.4 Å². The summed E-state index contributed by atoms with van der Waals surface area (Å²) in [6.45, 7) is 0.322. The molecule has 0 radical (unpaired) electrons. The average molecular weight is 240 g/mol. The first-order valence-corrected chi connectivity index (χ1v) is 5.12. The zero-order valence-corrected chi connectivity index (χ0v) is 9.09. The molecular weight excluding hydrogens is 228 g/mol. The Morgan fingerprint density at radius 1 is 1.59 bits per heavy atom. The maximum absolute atomic E-state index is 11.3. The first-order valence-electron chi connectivity index (χ1n) is 5.12. The molecule has 0 aromatic carbocycles. The van der Waals surface area contributed by atoms with E-state index in [2.05, 4.69) is 20.1 Å². The SMILES string of the molecule is [N-]=[N+]=NCCC(=O)CC(=O)N[C@H]1CCOC1=O. The summed E-state index contributed by atoms with van der Waals surface area (Å²) in [6, 6.07) is -0.646. The highest BCUT2D eigenvalue weighted by Crippen LogP contribution is 2.05. The summed E-state index contributed by atoms with van der Waals surface area (Å²) in [5, 5.41) is 5.60. The first kappa shape index (κ1) is 13.0. The molecule has 1 N–H and O–H groups in total. The van der Waals surface area contributed by atoms with Crippen molar-refractivity contribution in [1.82, 2.24) is 5.32 Å². The summed E-state index contributed by atoms with van der Waals surface area (Å²) in [6.07, 6.45) is 0.134. The van der Waals surface area contributed by atoms with Gasteiger partial charge in [0.1, 0.15) is 11.8 Å². The van der Waals surface area contributed by atoms with Crippen LogP contribution in [-0.2, 0) is 19.1 Å². The fraction of sp³-hybridized carbons (Fsp3) is 0.667. The van der Waals surface area contributed by atoms with Gasteiger partial charge in [-0.1, -0.05) is 5.11 Å². The topological polar surface area (TPSA) is 121 Å². The number of rotatable bonds is 6. The molecule has 0 bridgehead atoms. The van der Waals surface area contributed by atoms with E-state index >= 15 is 0 Å². The van der Waals surface area contributed by atoms with Gasteiger partial charge in [-0.25, -0.2) is 4.79 Å². The fourth-order valence-corrected chi connectivity index (χ4v) is 1.36. The summed E-state index contributed by atoms with van der Waals surface area (Å²) < 4.78 is 4.66. The highest BCUT2D eigenvalue weighted by molar-refractivity contribution is 5.99. The van der Waals surface area contributed by atoms with Crippen molar-refractivity contribution in [1.29, 1.82) is 0 Å². The molecule has 1 fully saturated rings. The zero-order chi connectivity index (χ0) is 12.7. The summed E-state index contributed by atoms with van der Waals surface area (Å²) in [7, 11) is 0. The molecule has 0 aliphatic carbocycles. The molecule has 0 saturated carbocycles. The molecule has 1 rings (SSSR count). The van der Waals surface area contributed by atoms with Crippen LogP contribution in [0.2, 0.25) is 0 Å². The highest BCUT2D eigenvalue weighted by Gasteiger charge is 2.28. The molecule has 1 atom stereocenters. The maximum Gasteiger partial charge on any atom is 0.328 e. The number of Topliss-reactive ketones (excluding diaryl/α,β-unsaturated/α-hetero) is 1. The third-order valence-electron chi connectivity index (χ3n) is 2.18. The number of carbonyl (C=O) groups excluding carboxylic acids is 3. The number of ether oxygens (including phenoxy) is 1. The summed E-state index contributed by atoms with van der Waals surface area (Å²) in [5.41, 5.74) is 8.00. The molecule has 1 saturated heterocycles. The lowest BCUT2D eigenvalue weighted by Gasteiger charge is -2.07. The lowest BCUT2D eigenvalue weighted by molar-refractivity contribution is -0.142. The average Bonchev–Trinajstić information content (AvgIpc) is 2.64. The van der Waals surface area contributed by atoms with Crippen LogP contribution >= 0.6 is 0 Å². The number of amides is 1. The van der Waals surface area contributed by atoms with Gasteiger partial charge in [-0.15, -0.1) is 0 Å². The number of hydrogen-bond acceptors (Lipinski definition) is 5. The third-order valence-corrected chi connectivity index (χ3v) is 2.18. The van der Waals surface area contributed by atoms with E-state index in [9.17, 15) is 14.4 Å². The summed E-state index contributed by atoms with van der Waals surface area (Å²) >= 11 is 0. The van der Waals surface area contributed by atoms with Crippen molar-refractivity contribution < 1.29 is 19.1 Å². The predicted octanol–water partition coefficient (Wildman–Crippen LogP) is 0.0777. The standard InChI is InChI=1S/C9H12N4O4/c10-13-11-3-1-6(14)5-8(15)12-7-2-4-17-9(7)16/h7H,1-5H2,(H,12,15)/t7-/m0/s1. The van der Waals surface area contributed by atoms with Crippen molar-refractivity contribution >= 4 is 17.7 Å². The number of hydrogen-bond donors (Lipinski definition) is 1. The maximum atomic E-state index is 11.3. The van der Waals surface area contributed by atoms with E-state index in [-0.39, 0.29) is 31.8 Å². The van der Waals surface area contributed by atoms with E-state index < -0.39 is 17.9 Å². The van der Waals surface area contributed by atoms with Gasteiger partial charge in [0.05, 0.1) is 13.0 Å². The van der Waals surface area contributed by atoms with Crippen LogP contribution in [0.5, 0.6) is 0 Å². The van der Waals surface area contributed by atoms with Crippen molar-refractivity contribution in [3.8, 4) is 0 Å². The summed E-state index contributed by atoms with van der Waals surface area (Å²) in [4.78, 5) is 36.1. The minimum atomic E-state index is -0.646. The predicted molar refractivity (Wildman–Crippen MR) is 55.8 cm³/mol. The minimum absolute atomic E-state index is 0.0204. The Hall–Kier alpha value is -2.08. The van der Waals surface area contributed by atoms with Crippen LogP contribution in [0.15, 0.2) is 5.11 Å². The van der Waals surface area contributed by atoms with Crippen LogP contribution in [0, 0.1) is 0 Å². The molecule has 8 nitrogen and oxygen atoms in total. The molecular formula is C9H12N4O4. The van der Waals surface area contributed by atoms with Crippen LogP contribution in [0.1, 0.15) is 19.3 Å². The quantitative estimate of drug-likeness (QED) is 0.232. The molecule has 0 spiro atoms. The van der Waals surface area contributed by atoms with Gasteiger partial charge in [-0.05, 0) is 5.53 Å². The molecule has 0 aromatic heterocycles. The molecule has 0 unspecified atom stereocenters. The Morgan fingerprint density at radius 3 is 2.94 bits per heavy atom. The molecule has 1 amide bonds. The summed E-state index contributed by atoms with van der Waals surface area (Å²) in [5.74, 6) is -1.32. The van der Waals surface area contributed by atoms with E-state index in [0.29, 0.717) is 6.42 Å². The Morgan fingerprint density at radius 2 is 2.35 bits per heavy atom. The van der Waals surface area contributed by atoms with Crippen molar-refractivity contribution in [2.24, 2.45) is 5.11 Å². The van der Waals surface area contributed by atoms with Crippen LogP contribution in [0.4, 0.5) is 0 Å². The monoisotopic (exact) mass is 240 g/mol. The Kier molecular flexibility index (Phi) is 4.96. The second kappa shape index (κ2) is 6.49. The van der Waals surface area contributed by atoms with E-state index in [1.807, 2.05) is 0 Å². The van der Waals surface area contributed by atoms with Gasteiger partial charge in [0.15, 0.2) is 0 Å².